The van der Waals surface area contributed by atoms with Crippen LogP contribution in [0.25, 0.3) is 104 Å². The van der Waals surface area contributed by atoms with E-state index in [9.17, 15) is 0 Å². The van der Waals surface area contributed by atoms with E-state index in [1.807, 2.05) is 78.1 Å². The quantitative estimate of drug-likeness (QED) is 0.187. The standard InChI is InChI=1S/C45H26N4OS/c1-3-13-27(14-4-1)43-46-44(28-15-5-2-6-16-28)48-45(47-43)29-23-25-30(26-24-29)49-34-20-10-7-17-31(34)38-40(49)37-32-18-8-11-21-35(32)50-41(37)39-33-19-9-12-22-36(33)51-42(38)39/h1-26H. The predicted molar refractivity (Wildman–Crippen MR) is 211 cm³/mol. The molecule has 51 heavy (non-hydrogen) atoms. The Bertz CT molecular complexity index is 3040. The highest BCUT2D eigenvalue weighted by atomic mass is 32.1. The zero-order valence-electron chi connectivity index (χ0n) is 27.1. The second-order valence-electron chi connectivity index (χ2n) is 12.8. The second kappa shape index (κ2) is 10.9. The summed E-state index contributed by atoms with van der Waals surface area (Å²) in [7, 11) is 0. The average molecular weight is 671 g/mol. The van der Waals surface area contributed by atoms with Gasteiger partial charge in [0.1, 0.15) is 11.2 Å². The van der Waals surface area contributed by atoms with E-state index in [4.69, 9.17) is 19.4 Å². The number of nitrogens with zero attached hydrogens (tertiary/aromatic N) is 4. The first-order valence-corrected chi connectivity index (χ1v) is 17.8. The lowest BCUT2D eigenvalue weighted by Gasteiger charge is -2.11. The molecule has 0 spiro atoms. The molecule has 11 aromatic rings. The van der Waals surface area contributed by atoms with Crippen LogP contribution in [0.5, 0.6) is 0 Å². The van der Waals surface area contributed by atoms with Crippen LogP contribution < -0.4 is 0 Å². The van der Waals surface area contributed by atoms with Crippen LogP contribution >= 0.6 is 11.3 Å². The summed E-state index contributed by atoms with van der Waals surface area (Å²) < 4.78 is 11.7. The summed E-state index contributed by atoms with van der Waals surface area (Å²) in [6.07, 6.45) is 0. The number of hydrogen-bond donors (Lipinski definition) is 0. The number of benzene rings is 7. The number of aromatic nitrogens is 4. The Morgan fingerprint density at radius 2 is 1.00 bits per heavy atom. The SMILES string of the molecule is c1ccc(-c2nc(-c3ccccc3)nc(-c3ccc(-n4c5ccccc5c5c6sc7ccccc7c6c6oc7ccccc7c6c54)cc3)n2)cc1. The lowest BCUT2D eigenvalue weighted by molar-refractivity contribution is 0.673. The zero-order valence-corrected chi connectivity index (χ0v) is 27.9. The van der Waals surface area contributed by atoms with Gasteiger partial charge in [0.25, 0.3) is 0 Å². The van der Waals surface area contributed by atoms with Crippen molar-refractivity contribution in [3.05, 3.63) is 158 Å². The van der Waals surface area contributed by atoms with E-state index in [0.29, 0.717) is 17.5 Å². The van der Waals surface area contributed by atoms with E-state index in [0.717, 1.165) is 55.3 Å². The average Bonchev–Trinajstić information content (AvgIpc) is 3.88. The van der Waals surface area contributed by atoms with Crippen LogP contribution in [-0.2, 0) is 0 Å². The van der Waals surface area contributed by atoms with Gasteiger partial charge in [-0.05, 0) is 42.5 Å². The molecule has 0 saturated carbocycles. The summed E-state index contributed by atoms with van der Waals surface area (Å²) in [5.41, 5.74) is 7.99. The molecule has 6 heteroatoms. The summed E-state index contributed by atoms with van der Waals surface area (Å²) in [6.45, 7) is 0. The Labute approximate surface area is 295 Å². The third-order valence-electron chi connectivity index (χ3n) is 9.84. The van der Waals surface area contributed by atoms with Crippen LogP contribution in [-0.4, -0.2) is 19.5 Å². The molecule has 0 bridgehead atoms. The second-order valence-corrected chi connectivity index (χ2v) is 13.8. The third kappa shape index (κ3) is 4.24. The van der Waals surface area contributed by atoms with Gasteiger partial charge < -0.3 is 8.98 Å². The molecule has 4 aromatic heterocycles. The molecule has 0 fully saturated rings. The fourth-order valence-electron chi connectivity index (χ4n) is 7.58. The molecule has 0 N–H and O–H groups in total. The number of hydrogen-bond acceptors (Lipinski definition) is 5. The first-order valence-electron chi connectivity index (χ1n) is 17.0. The van der Waals surface area contributed by atoms with E-state index >= 15 is 0 Å². The molecule has 0 unspecified atom stereocenters. The molecule has 11 rings (SSSR count). The van der Waals surface area contributed by atoms with Gasteiger partial charge in [0.15, 0.2) is 17.5 Å². The molecule has 0 atom stereocenters. The molecule has 7 aromatic carbocycles. The minimum atomic E-state index is 0.631. The van der Waals surface area contributed by atoms with Crippen molar-refractivity contribution in [3.8, 4) is 39.9 Å². The van der Waals surface area contributed by atoms with E-state index in [2.05, 4.69) is 95.6 Å². The fraction of sp³-hybridized carbons (Fsp3) is 0. The highest BCUT2D eigenvalue weighted by Gasteiger charge is 2.25. The van der Waals surface area contributed by atoms with Crippen molar-refractivity contribution < 1.29 is 4.42 Å². The first-order chi connectivity index (χ1) is 25.3. The zero-order chi connectivity index (χ0) is 33.5. The molecular formula is C45H26N4OS. The van der Waals surface area contributed by atoms with Gasteiger partial charge in [-0.15, -0.1) is 11.3 Å². The van der Waals surface area contributed by atoms with Gasteiger partial charge in [-0.2, -0.15) is 0 Å². The van der Waals surface area contributed by atoms with Crippen molar-refractivity contribution in [2.75, 3.05) is 0 Å². The number of rotatable bonds is 4. The normalized spacial score (nSPS) is 11.9. The fourth-order valence-corrected chi connectivity index (χ4v) is 8.84. The van der Waals surface area contributed by atoms with E-state index in [1.54, 1.807) is 0 Å². The van der Waals surface area contributed by atoms with Crippen molar-refractivity contribution in [1.29, 1.82) is 0 Å². The Hall–Kier alpha value is -6.63. The molecule has 0 radical (unpaired) electrons. The molecule has 0 amide bonds. The van der Waals surface area contributed by atoms with Crippen molar-refractivity contribution in [1.82, 2.24) is 19.5 Å². The van der Waals surface area contributed by atoms with Crippen molar-refractivity contribution in [2.45, 2.75) is 0 Å². The van der Waals surface area contributed by atoms with Gasteiger partial charge >= 0.3 is 0 Å². The molecule has 0 aliphatic heterocycles. The van der Waals surface area contributed by atoms with E-state index in [1.165, 1.54) is 30.9 Å². The van der Waals surface area contributed by atoms with Crippen LogP contribution in [0.3, 0.4) is 0 Å². The number of para-hydroxylation sites is 2. The van der Waals surface area contributed by atoms with Crippen LogP contribution in [0.1, 0.15) is 0 Å². The molecular weight excluding hydrogens is 645 g/mol. The highest BCUT2D eigenvalue weighted by molar-refractivity contribution is 7.27. The molecule has 238 valence electrons. The van der Waals surface area contributed by atoms with Gasteiger partial charge in [0.2, 0.25) is 0 Å². The lowest BCUT2D eigenvalue weighted by Crippen LogP contribution is -2.00. The van der Waals surface area contributed by atoms with Crippen molar-refractivity contribution in [2.24, 2.45) is 0 Å². The van der Waals surface area contributed by atoms with Crippen LogP contribution in [0, 0.1) is 0 Å². The van der Waals surface area contributed by atoms with Gasteiger partial charge in [0, 0.05) is 58.7 Å². The number of furan rings is 1. The molecule has 0 aliphatic rings. The van der Waals surface area contributed by atoms with Gasteiger partial charge in [-0.1, -0.05) is 115 Å². The summed E-state index contributed by atoms with van der Waals surface area (Å²) in [5, 5.41) is 7.13. The highest BCUT2D eigenvalue weighted by Crippen LogP contribution is 2.50. The minimum absolute atomic E-state index is 0.631. The van der Waals surface area contributed by atoms with Crippen LogP contribution in [0.4, 0.5) is 0 Å². The lowest BCUT2D eigenvalue weighted by atomic mass is 10.0. The minimum Gasteiger partial charge on any atom is -0.455 e. The van der Waals surface area contributed by atoms with Crippen molar-refractivity contribution >= 4 is 75.3 Å². The Morgan fingerprint density at radius 3 is 1.69 bits per heavy atom. The van der Waals surface area contributed by atoms with Gasteiger partial charge in [0.05, 0.1) is 16.4 Å². The van der Waals surface area contributed by atoms with Crippen molar-refractivity contribution in [3.63, 3.8) is 0 Å². The van der Waals surface area contributed by atoms with Gasteiger partial charge in [-0.25, -0.2) is 15.0 Å². The van der Waals surface area contributed by atoms with E-state index in [-0.39, 0.29) is 0 Å². The number of thiophene rings is 1. The molecule has 0 saturated heterocycles. The van der Waals surface area contributed by atoms with Crippen LogP contribution in [0.2, 0.25) is 0 Å². The Morgan fingerprint density at radius 1 is 0.451 bits per heavy atom. The maximum atomic E-state index is 6.77. The molecule has 4 heterocycles. The monoisotopic (exact) mass is 670 g/mol. The van der Waals surface area contributed by atoms with Crippen LogP contribution in [0.15, 0.2) is 162 Å². The summed E-state index contributed by atoms with van der Waals surface area (Å²) in [4.78, 5) is 14.8. The Balaban J connectivity index is 1.18. The van der Waals surface area contributed by atoms with Gasteiger partial charge in [-0.3, -0.25) is 0 Å². The summed E-state index contributed by atoms with van der Waals surface area (Å²) in [5.74, 6) is 1.92. The third-order valence-corrected chi connectivity index (χ3v) is 11.0. The maximum absolute atomic E-state index is 6.77. The number of fused-ring (bicyclic) bond motifs is 12. The molecule has 0 aliphatic carbocycles. The first kappa shape index (κ1) is 28.2. The largest absolute Gasteiger partial charge is 0.455 e. The van der Waals surface area contributed by atoms with E-state index < -0.39 is 0 Å². The Kier molecular flexibility index (Phi) is 6.05. The predicted octanol–water partition coefficient (Wildman–Crippen LogP) is 12.2. The summed E-state index contributed by atoms with van der Waals surface area (Å²) >= 11 is 1.84. The summed E-state index contributed by atoms with van der Waals surface area (Å²) in [6, 6.07) is 54.6. The molecule has 5 nitrogen and oxygen atoms in total. The maximum Gasteiger partial charge on any atom is 0.164 e. The smallest absolute Gasteiger partial charge is 0.164 e. The topological polar surface area (TPSA) is 56.7 Å².